The third-order valence-electron chi connectivity index (χ3n) is 5.25. The molecule has 0 bridgehead atoms. The highest BCUT2D eigenvalue weighted by Crippen LogP contribution is 2.16. The maximum Gasteiger partial charge on any atom is 0.277 e. The number of rotatable bonds is 6. The van der Waals surface area contributed by atoms with Gasteiger partial charge in [-0.15, -0.1) is 0 Å². The van der Waals surface area contributed by atoms with Crippen LogP contribution in [0.4, 0.5) is 4.39 Å². The van der Waals surface area contributed by atoms with E-state index in [1.54, 1.807) is 11.9 Å². The number of hydrogen-bond acceptors (Lipinski definition) is 3. The second-order valence-electron chi connectivity index (χ2n) is 7.52. The van der Waals surface area contributed by atoms with Crippen molar-refractivity contribution in [2.75, 3.05) is 39.8 Å². The van der Waals surface area contributed by atoms with E-state index in [4.69, 9.17) is 0 Å². The molecule has 0 spiro atoms. The third-order valence-corrected chi connectivity index (χ3v) is 7.16. The molecule has 0 aliphatic carbocycles. The molecule has 3 rings (SSSR count). The van der Waals surface area contributed by atoms with Gasteiger partial charge in [0.1, 0.15) is 5.82 Å². The van der Waals surface area contributed by atoms with E-state index in [2.05, 4.69) is 0 Å². The number of halogens is 1. The number of quaternary nitrogens is 1. The van der Waals surface area contributed by atoms with E-state index in [0.29, 0.717) is 39.3 Å². The van der Waals surface area contributed by atoms with Gasteiger partial charge in [0.25, 0.3) is 5.91 Å². The molecule has 0 atom stereocenters. The number of nitrogens with one attached hydrogen (secondary N) is 1. The summed E-state index contributed by atoms with van der Waals surface area (Å²) in [5.41, 5.74) is 2.26. The number of benzene rings is 2. The van der Waals surface area contributed by atoms with Crippen molar-refractivity contribution < 1.29 is 22.5 Å². The van der Waals surface area contributed by atoms with Crippen LogP contribution in [0.1, 0.15) is 11.1 Å². The monoisotopic (exact) mass is 420 g/mol. The van der Waals surface area contributed by atoms with Gasteiger partial charge in [-0.25, -0.2) is 12.8 Å². The van der Waals surface area contributed by atoms with Crippen LogP contribution in [-0.2, 0) is 21.4 Å². The van der Waals surface area contributed by atoms with Crippen molar-refractivity contribution in [3.63, 3.8) is 0 Å². The summed E-state index contributed by atoms with van der Waals surface area (Å²) in [5, 5.41) is 0. The topological polar surface area (TPSA) is 62.1 Å². The molecule has 1 fully saturated rings. The van der Waals surface area contributed by atoms with Gasteiger partial charge < -0.3 is 9.80 Å². The summed E-state index contributed by atoms with van der Waals surface area (Å²) >= 11 is 0. The molecule has 0 unspecified atom stereocenters. The zero-order valence-corrected chi connectivity index (χ0v) is 17.6. The molecule has 2 aromatic rings. The molecule has 6 nitrogen and oxygen atoms in total. The van der Waals surface area contributed by atoms with Crippen LogP contribution in [-0.4, -0.2) is 63.3 Å². The molecule has 0 aromatic heterocycles. The predicted molar refractivity (Wildman–Crippen MR) is 108 cm³/mol. The van der Waals surface area contributed by atoms with Crippen molar-refractivity contribution in [2.24, 2.45) is 0 Å². The van der Waals surface area contributed by atoms with Crippen LogP contribution in [0.5, 0.6) is 0 Å². The van der Waals surface area contributed by atoms with Gasteiger partial charge in [0.15, 0.2) is 6.54 Å². The first-order chi connectivity index (χ1) is 13.8. The van der Waals surface area contributed by atoms with E-state index < -0.39 is 15.8 Å². The molecule has 8 heteroatoms. The summed E-state index contributed by atoms with van der Waals surface area (Å²) in [5.74, 6) is -0.429. The maximum atomic E-state index is 13.1. The van der Waals surface area contributed by atoms with Gasteiger partial charge in [0.2, 0.25) is 10.0 Å². The van der Waals surface area contributed by atoms with Gasteiger partial charge in [0, 0.05) is 13.6 Å². The predicted octanol–water partition coefficient (Wildman–Crippen LogP) is 0.682. The molecule has 156 valence electrons. The summed E-state index contributed by atoms with van der Waals surface area (Å²) in [6.45, 7) is 4.71. The fourth-order valence-electron chi connectivity index (χ4n) is 3.38. The molecule has 1 heterocycles. The van der Waals surface area contributed by atoms with Gasteiger partial charge in [-0.3, -0.25) is 4.79 Å². The first-order valence-corrected chi connectivity index (χ1v) is 11.1. The van der Waals surface area contributed by atoms with Crippen LogP contribution < -0.4 is 4.90 Å². The summed E-state index contributed by atoms with van der Waals surface area (Å²) in [4.78, 5) is 15.4. The van der Waals surface area contributed by atoms with Crippen LogP contribution in [0.15, 0.2) is 53.4 Å². The van der Waals surface area contributed by atoms with E-state index >= 15 is 0 Å². The maximum absolute atomic E-state index is 13.1. The molecule has 1 amide bonds. The normalized spacial score (nSPS) is 16.0. The van der Waals surface area contributed by atoms with Crippen molar-refractivity contribution in [2.45, 2.75) is 18.4 Å². The summed E-state index contributed by atoms with van der Waals surface area (Å²) in [7, 11) is -1.84. The quantitative estimate of drug-likeness (QED) is 0.748. The number of nitrogens with zero attached hydrogens (tertiary/aromatic N) is 2. The zero-order chi connectivity index (χ0) is 21.0. The third kappa shape index (κ3) is 5.41. The van der Waals surface area contributed by atoms with E-state index in [0.717, 1.165) is 22.6 Å². The van der Waals surface area contributed by atoms with Crippen molar-refractivity contribution in [3.8, 4) is 0 Å². The Balaban J connectivity index is 1.51. The Morgan fingerprint density at radius 1 is 1.07 bits per heavy atom. The highest BCUT2D eigenvalue weighted by atomic mass is 32.2. The first-order valence-electron chi connectivity index (χ1n) is 9.64. The fraction of sp³-hybridized carbons (Fsp3) is 0.381. The SMILES string of the molecule is Cc1ccc(CN(C)C(=O)C[NH+]2CCN(S(=O)(=O)c3ccc(F)cc3)CC2)cc1. The molecule has 0 radical (unpaired) electrons. The summed E-state index contributed by atoms with van der Waals surface area (Å²) in [6.07, 6.45) is 0. The number of amides is 1. The van der Waals surface area contributed by atoms with Gasteiger partial charge in [0.05, 0.1) is 31.1 Å². The number of carbonyl (C=O) groups is 1. The Kier molecular flexibility index (Phi) is 6.66. The van der Waals surface area contributed by atoms with Crippen LogP contribution >= 0.6 is 0 Å². The molecule has 1 aliphatic heterocycles. The Hall–Kier alpha value is -2.29. The van der Waals surface area contributed by atoms with E-state index in [1.165, 1.54) is 22.0 Å². The fourth-order valence-corrected chi connectivity index (χ4v) is 4.82. The first kappa shape index (κ1) is 21.4. The van der Waals surface area contributed by atoms with Crippen molar-refractivity contribution >= 4 is 15.9 Å². The van der Waals surface area contributed by atoms with Crippen molar-refractivity contribution in [1.82, 2.24) is 9.21 Å². The van der Waals surface area contributed by atoms with Gasteiger partial charge in [-0.05, 0) is 36.8 Å². The van der Waals surface area contributed by atoms with Crippen molar-refractivity contribution in [3.05, 3.63) is 65.5 Å². The number of carbonyl (C=O) groups excluding carboxylic acids is 1. The molecule has 0 saturated carbocycles. The van der Waals surface area contributed by atoms with E-state index in [1.807, 2.05) is 31.2 Å². The Morgan fingerprint density at radius 3 is 2.24 bits per heavy atom. The summed E-state index contributed by atoms with van der Waals surface area (Å²) < 4.78 is 39.8. The Labute approximate surface area is 171 Å². The van der Waals surface area contributed by atoms with Crippen LogP contribution in [0.3, 0.4) is 0 Å². The van der Waals surface area contributed by atoms with Crippen LogP contribution in [0, 0.1) is 12.7 Å². The Bertz CT molecular complexity index is 938. The smallest absolute Gasteiger partial charge is 0.277 e. The molecule has 29 heavy (non-hydrogen) atoms. The van der Waals surface area contributed by atoms with Gasteiger partial charge in [-0.1, -0.05) is 29.8 Å². The van der Waals surface area contributed by atoms with E-state index in [9.17, 15) is 17.6 Å². The second kappa shape index (κ2) is 9.02. The molecule has 1 N–H and O–H groups in total. The number of piperazine rings is 1. The average molecular weight is 421 g/mol. The Morgan fingerprint density at radius 2 is 1.66 bits per heavy atom. The van der Waals surface area contributed by atoms with Crippen LogP contribution in [0.2, 0.25) is 0 Å². The minimum absolute atomic E-state index is 0.0374. The highest BCUT2D eigenvalue weighted by molar-refractivity contribution is 7.89. The van der Waals surface area contributed by atoms with Gasteiger partial charge >= 0.3 is 0 Å². The lowest BCUT2D eigenvalue weighted by atomic mass is 10.1. The molecule has 2 aromatic carbocycles. The van der Waals surface area contributed by atoms with Gasteiger partial charge in [-0.2, -0.15) is 4.31 Å². The molecular weight excluding hydrogens is 393 g/mol. The zero-order valence-electron chi connectivity index (χ0n) is 16.8. The number of hydrogen-bond donors (Lipinski definition) is 1. The largest absolute Gasteiger partial charge is 0.337 e. The number of aryl methyl sites for hydroxylation is 1. The number of likely N-dealkylation sites (N-methyl/N-ethyl adjacent to an activating group) is 1. The molecule has 1 saturated heterocycles. The lowest BCUT2D eigenvalue weighted by Crippen LogP contribution is -3.15. The molecular formula is C21H27FN3O3S+. The van der Waals surface area contributed by atoms with Crippen molar-refractivity contribution in [1.29, 1.82) is 0 Å². The summed E-state index contributed by atoms with van der Waals surface area (Å²) in [6, 6.07) is 13.0. The average Bonchev–Trinajstić information content (AvgIpc) is 2.70. The second-order valence-corrected chi connectivity index (χ2v) is 9.46. The lowest BCUT2D eigenvalue weighted by molar-refractivity contribution is -0.896. The minimum atomic E-state index is -3.63. The minimum Gasteiger partial charge on any atom is -0.337 e. The van der Waals surface area contributed by atoms with Crippen LogP contribution in [0.25, 0.3) is 0 Å². The highest BCUT2D eigenvalue weighted by Gasteiger charge is 2.31. The van der Waals surface area contributed by atoms with E-state index in [-0.39, 0.29) is 10.8 Å². The standard InChI is InChI=1S/C21H26FN3O3S/c1-17-3-5-18(6-4-17)15-23(2)21(26)16-24-11-13-25(14-12-24)29(27,28)20-9-7-19(22)8-10-20/h3-10H,11-16H2,1-2H3/p+1. The lowest BCUT2D eigenvalue weighted by Gasteiger charge is -2.32. The molecule has 1 aliphatic rings. The number of sulfonamides is 1.